The number of rotatable bonds is 3. The fourth-order valence-electron chi connectivity index (χ4n) is 2.92. The molecule has 2 N–H and O–H groups in total. The van der Waals surface area contributed by atoms with E-state index in [9.17, 15) is 9.59 Å². The zero-order valence-electron chi connectivity index (χ0n) is 14.1. The highest BCUT2D eigenvalue weighted by Gasteiger charge is 2.24. The van der Waals surface area contributed by atoms with Gasteiger partial charge in [0.05, 0.1) is 13.2 Å². The first kappa shape index (κ1) is 17.6. The number of hydrogen-bond acceptors (Lipinski definition) is 4. The van der Waals surface area contributed by atoms with Gasteiger partial charge >= 0.3 is 12.1 Å². The summed E-state index contributed by atoms with van der Waals surface area (Å²) in [6, 6.07) is 2.04. The van der Waals surface area contributed by atoms with E-state index in [0.29, 0.717) is 13.1 Å². The van der Waals surface area contributed by atoms with Crippen LogP contribution < -0.4 is 10.6 Å². The molecule has 2 rings (SSSR count). The van der Waals surface area contributed by atoms with Crippen molar-refractivity contribution in [2.75, 3.05) is 20.2 Å². The van der Waals surface area contributed by atoms with Gasteiger partial charge in [-0.1, -0.05) is 0 Å². The van der Waals surface area contributed by atoms with Gasteiger partial charge in [0.1, 0.15) is 0 Å². The minimum Gasteiger partial charge on any atom is -0.453 e. The van der Waals surface area contributed by atoms with Crippen LogP contribution in [0, 0.1) is 13.8 Å². The maximum Gasteiger partial charge on any atom is 0.409 e. The molecule has 0 bridgehead atoms. The predicted octanol–water partition coefficient (Wildman–Crippen LogP) is 2.96. The first-order chi connectivity index (χ1) is 10.9. The Morgan fingerprint density at radius 3 is 2.52 bits per heavy atom. The van der Waals surface area contributed by atoms with E-state index in [-0.39, 0.29) is 24.2 Å². The maximum atomic E-state index is 12.2. The number of aryl methyl sites for hydroxylation is 2. The third-order valence-corrected chi connectivity index (χ3v) is 5.14. The second-order valence-electron chi connectivity index (χ2n) is 5.94. The summed E-state index contributed by atoms with van der Waals surface area (Å²) in [5, 5.41) is 5.99. The van der Waals surface area contributed by atoms with E-state index in [1.54, 1.807) is 16.2 Å². The van der Waals surface area contributed by atoms with Gasteiger partial charge in [0.15, 0.2) is 0 Å². The summed E-state index contributed by atoms with van der Waals surface area (Å²) in [7, 11) is 1.38. The van der Waals surface area contributed by atoms with Crippen LogP contribution in [0.3, 0.4) is 0 Å². The summed E-state index contributed by atoms with van der Waals surface area (Å²) in [5.74, 6) is 0. The molecule has 0 radical (unpaired) electrons. The molecule has 1 aliphatic rings. The van der Waals surface area contributed by atoms with Gasteiger partial charge in [0.2, 0.25) is 0 Å². The molecule has 1 atom stereocenters. The summed E-state index contributed by atoms with van der Waals surface area (Å²) >= 11 is 1.74. The van der Waals surface area contributed by atoms with Crippen LogP contribution in [0.1, 0.15) is 41.1 Å². The molecule has 1 aromatic heterocycles. The second-order valence-corrected chi connectivity index (χ2v) is 7.40. The lowest BCUT2D eigenvalue weighted by atomic mass is 10.1. The van der Waals surface area contributed by atoms with E-state index in [0.717, 1.165) is 12.8 Å². The predicted molar refractivity (Wildman–Crippen MR) is 90.9 cm³/mol. The molecule has 2 heterocycles. The number of ether oxygens (including phenoxy) is 1. The van der Waals surface area contributed by atoms with Crippen LogP contribution in [0.2, 0.25) is 0 Å². The molecule has 1 aliphatic heterocycles. The number of nitrogens with one attached hydrogen (secondary N) is 2. The van der Waals surface area contributed by atoms with Crippen LogP contribution >= 0.6 is 11.3 Å². The Bertz CT molecular complexity index is 565. The molecule has 1 fully saturated rings. The minimum absolute atomic E-state index is 0.0184. The number of carbonyl (C=O) groups excluding carboxylic acids is 2. The fourth-order valence-corrected chi connectivity index (χ4v) is 3.94. The average Bonchev–Trinajstić information content (AvgIpc) is 2.86. The van der Waals surface area contributed by atoms with Crippen molar-refractivity contribution in [2.45, 2.75) is 45.7 Å². The molecule has 0 saturated carbocycles. The van der Waals surface area contributed by atoms with Crippen LogP contribution in [0.5, 0.6) is 0 Å². The van der Waals surface area contributed by atoms with Crippen LogP contribution in [-0.2, 0) is 4.74 Å². The van der Waals surface area contributed by atoms with E-state index in [1.807, 2.05) is 6.92 Å². The summed E-state index contributed by atoms with van der Waals surface area (Å²) in [6.07, 6.45) is 1.19. The molecular formula is C16H25N3O3S. The van der Waals surface area contributed by atoms with E-state index < -0.39 is 0 Å². The molecule has 7 heteroatoms. The monoisotopic (exact) mass is 339 g/mol. The van der Waals surface area contributed by atoms with Gasteiger partial charge in [-0.25, -0.2) is 9.59 Å². The van der Waals surface area contributed by atoms with Crippen molar-refractivity contribution in [3.05, 3.63) is 21.4 Å². The number of carbonyl (C=O) groups is 2. The van der Waals surface area contributed by atoms with Crippen molar-refractivity contribution in [1.29, 1.82) is 0 Å². The van der Waals surface area contributed by atoms with Crippen molar-refractivity contribution in [1.82, 2.24) is 15.5 Å². The van der Waals surface area contributed by atoms with E-state index in [4.69, 9.17) is 4.74 Å². The fraction of sp³-hybridized carbons (Fsp3) is 0.625. The lowest BCUT2D eigenvalue weighted by Gasteiger charge is -2.31. The number of hydrogen-bond donors (Lipinski definition) is 2. The van der Waals surface area contributed by atoms with Crippen molar-refractivity contribution in [3.63, 3.8) is 0 Å². The van der Waals surface area contributed by atoms with Gasteiger partial charge in [-0.2, -0.15) is 0 Å². The summed E-state index contributed by atoms with van der Waals surface area (Å²) < 4.78 is 4.71. The number of thiophene rings is 1. The van der Waals surface area contributed by atoms with E-state index >= 15 is 0 Å². The Kier molecular flexibility index (Phi) is 5.87. The normalized spacial score (nSPS) is 16.8. The average molecular weight is 339 g/mol. The first-order valence-electron chi connectivity index (χ1n) is 7.87. The number of piperidine rings is 1. The van der Waals surface area contributed by atoms with Crippen LogP contribution in [0.4, 0.5) is 9.59 Å². The molecule has 1 saturated heterocycles. The van der Waals surface area contributed by atoms with Crippen LogP contribution in [0.15, 0.2) is 6.07 Å². The largest absolute Gasteiger partial charge is 0.453 e. The van der Waals surface area contributed by atoms with Crippen LogP contribution in [-0.4, -0.2) is 43.3 Å². The Morgan fingerprint density at radius 2 is 2.00 bits per heavy atom. The zero-order chi connectivity index (χ0) is 17.0. The molecular weight excluding hydrogens is 314 g/mol. The Hall–Kier alpha value is -1.76. The van der Waals surface area contributed by atoms with Gasteiger partial charge in [-0.3, -0.25) is 0 Å². The molecule has 6 nitrogen and oxygen atoms in total. The molecule has 1 unspecified atom stereocenters. The van der Waals surface area contributed by atoms with Crippen molar-refractivity contribution >= 4 is 23.5 Å². The molecule has 0 aliphatic carbocycles. The summed E-state index contributed by atoms with van der Waals surface area (Å²) in [5.41, 5.74) is 1.17. The smallest absolute Gasteiger partial charge is 0.409 e. The number of amides is 3. The van der Waals surface area contributed by atoms with Crippen molar-refractivity contribution < 1.29 is 14.3 Å². The summed E-state index contributed by atoms with van der Waals surface area (Å²) in [4.78, 5) is 27.7. The third-order valence-electron chi connectivity index (χ3n) is 4.16. The van der Waals surface area contributed by atoms with Gasteiger partial charge in [0, 0.05) is 28.9 Å². The standard InChI is InChI=1S/C16H25N3O3S/c1-10-9-14(12(3)23-10)11(2)17-15(20)18-13-5-7-19(8-6-13)16(21)22-4/h9,11,13H,5-8H2,1-4H3,(H2,17,18,20). The lowest BCUT2D eigenvalue weighted by Crippen LogP contribution is -2.49. The second kappa shape index (κ2) is 7.68. The molecule has 0 spiro atoms. The highest BCUT2D eigenvalue weighted by molar-refractivity contribution is 7.12. The van der Waals surface area contributed by atoms with Crippen molar-refractivity contribution in [2.24, 2.45) is 0 Å². The van der Waals surface area contributed by atoms with E-state index in [2.05, 4.69) is 30.5 Å². The van der Waals surface area contributed by atoms with Gasteiger partial charge in [0.25, 0.3) is 0 Å². The Labute approximate surface area is 141 Å². The number of methoxy groups -OCH3 is 1. The van der Waals surface area contributed by atoms with Gasteiger partial charge < -0.3 is 20.3 Å². The molecule has 0 aromatic carbocycles. The van der Waals surface area contributed by atoms with E-state index in [1.165, 1.54) is 22.4 Å². The minimum atomic E-state index is -0.301. The molecule has 1 aromatic rings. The first-order valence-corrected chi connectivity index (χ1v) is 8.69. The highest BCUT2D eigenvalue weighted by Crippen LogP contribution is 2.26. The third kappa shape index (κ3) is 4.60. The number of likely N-dealkylation sites (tertiary alicyclic amines) is 1. The SMILES string of the molecule is COC(=O)N1CCC(NC(=O)NC(C)c2cc(C)sc2C)CC1. The number of nitrogens with zero attached hydrogens (tertiary/aromatic N) is 1. The topological polar surface area (TPSA) is 70.7 Å². The zero-order valence-corrected chi connectivity index (χ0v) is 15.0. The van der Waals surface area contributed by atoms with Crippen molar-refractivity contribution in [3.8, 4) is 0 Å². The summed E-state index contributed by atoms with van der Waals surface area (Å²) in [6.45, 7) is 7.36. The Morgan fingerprint density at radius 1 is 1.35 bits per heavy atom. The number of urea groups is 1. The van der Waals surface area contributed by atoms with Gasteiger partial charge in [-0.15, -0.1) is 11.3 Å². The highest BCUT2D eigenvalue weighted by atomic mass is 32.1. The molecule has 23 heavy (non-hydrogen) atoms. The maximum absolute atomic E-state index is 12.2. The quantitative estimate of drug-likeness (QED) is 0.889. The molecule has 128 valence electrons. The van der Waals surface area contributed by atoms with Gasteiger partial charge in [-0.05, 0) is 45.2 Å². The molecule has 3 amide bonds. The van der Waals surface area contributed by atoms with Crippen LogP contribution in [0.25, 0.3) is 0 Å². The lowest BCUT2D eigenvalue weighted by molar-refractivity contribution is 0.110. The Balaban J connectivity index is 1.79.